The molecule has 0 aliphatic carbocycles. The van der Waals surface area contributed by atoms with Gasteiger partial charge in [0.1, 0.15) is 11.6 Å². The molecule has 0 saturated carbocycles. The maximum atomic E-state index is 12.7. The molecular weight excluding hydrogens is 390 g/mol. The fourth-order valence-corrected chi connectivity index (χ4v) is 2.92. The topological polar surface area (TPSA) is 116 Å². The van der Waals surface area contributed by atoms with E-state index in [4.69, 9.17) is 4.74 Å². The third-order valence-corrected chi connectivity index (χ3v) is 4.22. The van der Waals surface area contributed by atoms with Crippen LogP contribution in [0.15, 0.2) is 30.5 Å². The normalized spacial score (nSPS) is 12.1. The Kier molecular flexibility index (Phi) is 7.57. The molecule has 0 fully saturated rings. The molecule has 2 amide bonds. The highest BCUT2D eigenvalue weighted by molar-refractivity contribution is 5.91. The molecule has 0 unspecified atom stereocenters. The van der Waals surface area contributed by atoms with Crippen LogP contribution in [0.5, 0.6) is 0 Å². The molecule has 0 saturated heterocycles. The third-order valence-electron chi connectivity index (χ3n) is 4.22. The summed E-state index contributed by atoms with van der Waals surface area (Å²) in [4.78, 5) is 47.6. The molecule has 0 aliphatic heterocycles. The molecule has 2 N–H and O–H groups in total. The molecule has 162 valence electrons. The molecule has 9 heteroatoms. The van der Waals surface area contributed by atoms with Crippen LogP contribution in [0, 0.1) is 0 Å². The highest BCUT2D eigenvalue weighted by atomic mass is 16.6. The Morgan fingerprint density at radius 2 is 1.90 bits per heavy atom. The van der Waals surface area contributed by atoms with Gasteiger partial charge in [-0.05, 0) is 32.4 Å². The summed E-state index contributed by atoms with van der Waals surface area (Å²) in [6.07, 6.45) is 1.70. The van der Waals surface area contributed by atoms with Crippen molar-refractivity contribution in [1.29, 1.82) is 0 Å². The second kappa shape index (κ2) is 9.91. The number of alkyl carbamates (subject to hydrolysis) is 1. The highest BCUT2D eigenvalue weighted by Gasteiger charge is 2.26. The zero-order chi connectivity index (χ0) is 22.3. The van der Waals surface area contributed by atoms with Crippen LogP contribution in [0.4, 0.5) is 4.79 Å². The number of amides is 2. The van der Waals surface area contributed by atoms with Crippen LogP contribution in [0.1, 0.15) is 32.8 Å². The maximum absolute atomic E-state index is 12.7. The van der Waals surface area contributed by atoms with Crippen molar-refractivity contribution in [2.45, 2.75) is 45.3 Å². The van der Waals surface area contributed by atoms with Crippen LogP contribution >= 0.6 is 0 Å². The van der Waals surface area contributed by atoms with Gasteiger partial charge in [0.05, 0.1) is 19.0 Å². The molecule has 0 spiro atoms. The lowest BCUT2D eigenvalue weighted by molar-refractivity contribution is -0.140. The van der Waals surface area contributed by atoms with E-state index in [9.17, 15) is 19.2 Å². The summed E-state index contributed by atoms with van der Waals surface area (Å²) in [6.45, 7) is 5.22. The van der Waals surface area contributed by atoms with Gasteiger partial charge in [-0.2, -0.15) is 0 Å². The largest absolute Gasteiger partial charge is 0.469 e. The highest BCUT2D eigenvalue weighted by Crippen LogP contribution is 2.22. The van der Waals surface area contributed by atoms with Crippen molar-refractivity contribution in [3.63, 3.8) is 0 Å². The van der Waals surface area contributed by atoms with Crippen molar-refractivity contribution in [1.82, 2.24) is 15.2 Å². The van der Waals surface area contributed by atoms with E-state index in [2.05, 4.69) is 15.4 Å². The first-order chi connectivity index (χ1) is 14.1. The quantitative estimate of drug-likeness (QED) is 0.500. The zero-order valence-corrected chi connectivity index (χ0v) is 17.6. The lowest BCUT2D eigenvalue weighted by Crippen LogP contribution is -2.49. The number of esters is 1. The van der Waals surface area contributed by atoms with Crippen molar-refractivity contribution in [2.75, 3.05) is 13.7 Å². The Morgan fingerprint density at radius 3 is 2.53 bits per heavy atom. The Hall–Kier alpha value is -3.36. The van der Waals surface area contributed by atoms with Crippen molar-refractivity contribution in [3.05, 3.63) is 36.0 Å². The van der Waals surface area contributed by atoms with Crippen molar-refractivity contribution < 1.29 is 28.7 Å². The fourth-order valence-electron chi connectivity index (χ4n) is 2.92. The van der Waals surface area contributed by atoms with Crippen LogP contribution in [-0.2, 0) is 30.3 Å². The van der Waals surface area contributed by atoms with E-state index in [1.807, 2.05) is 18.2 Å². The van der Waals surface area contributed by atoms with E-state index >= 15 is 0 Å². The predicted octanol–water partition coefficient (Wildman–Crippen LogP) is 1.79. The number of benzene rings is 1. The SMILES string of the molecule is COC(=O)CCNC(=O)[C@@H](Cc1cn(C=O)c2ccccc12)NC(=O)OC(C)(C)C. The molecule has 0 radical (unpaired) electrons. The fraction of sp³-hybridized carbons (Fsp3) is 0.429. The molecule has 2 rings (SSSR count). The van der Waals surface area contributed by atoms with Crippen LogP contribution < -0.4 is 10.6 Å². The smallest absolute Gasteiger partial charge is 0.408 e. The van der Waals surface area contributed by atoms with Crippen LogP contribution in [0.3, 0.4) is 0 Å². The van der Waals surface area contributed by atoms with Crippen LogP contribution in [0.25, 0.3) is 10.9 Å². The lowest BCUT2D eigenvalue weighted by Gasteiger charge is -2.23. The number of carbonyl (C=O) groups excluding carboxylic acids is 4. The van der Waals surface area contributed by atoms with E-state index in [-0.39, 0.29) is 19.4 Å². The summed E-state index contributed by atoms with van der Waals surface area (Å²) < 4.78 is 11.2. The zero-order valence-electron chi connectivity index (χ0n) is 17.6. The molecule has 30 heavy (non-hydrogen) atoms. The Labute approximate surface area is 174 Å². The molecule has 2 aromatic rings. The molecule has 1 aromatic heterocycles. The summed E-state index contributed by atoms with van der Waals surface area (Å²) in [5.41, 5.74) is 0.676. The van der Waals surface area contributed by atoms with E-state index in [1.165, 1.54) is 11.7 Å². The third kappa shape index (κ3) is 6.33. The Balaban J connectivity index is 2.22. The van der Waals surface area contributed by atoms with Gasteiger partial charge >= 0.3 is 12.1 Å². The minimum atomic E-state index is -0.969. The number of nitrogens with one attached hydrogen (secondary N) is 2. The number of hydrogen-bond donors (Lipinski definition) is 2. The first-order valence-electron chi connectivity index (χ1n) is 9.52. The monoisotopic (exact) mass is 417 g/mol. The minimum absolute atomic E-state index is 0.00580. The summed E-state index contributed by atoms with van der Waals surface area (Å²) in [6, 6.07) is 6.29. The van der Waals surface area contributed by atoms with Crippen molar-refractivity contribution in [2.24, 2.45) is 0 Å². The molecule has 1 aromatic carbocycles. The van der Waals surface area contributed by atoms with Gasteiger partial charge in [-0.1, -0.05) is 18.2 Å². The standard InChI is InChI=1S/C21H27N3O6/c1-21(2,3)30-20(28)23-16(19(27)22-10-9-18(26)29-4)11-14-12-24(13-25)17-8-6-5-7-15(14)17/h5-8,12-13,16H,9-11H2,1-4H3,(H,22,27)(H,23,28)/t16-/m1/s1. The Bertz CT molecular complexity index is 928. The van der Waals surface area contributed by atoms with Gasteiger partial charge in [0.2, 0.25) is 12.3 Å². The van der Waals surface area contributed by atoms with E-state index in [0.29, 0.717) is 17.5 Å². The lowest BCUT2D eigenvalue weighted by atomic mass is 10.0. The molecule has 1 heterocycles. The average Bonchev–Trinajstić information content (AvgIpc) is 3.03. The minimum Gasteiger partial charge on any atom is -0.469 e. The second-order valence-electron chi connectivity index (χ2n) is 7.70. The van der Waals surface area contributed by atoms with Crippen molar-refractivity contribution >= 4 is 35.3 Å². The number of hydrogen-bond acceptors (Lipinski definition) is 6. The van der Waals surface area contributed by atoms with Crippen molar-refractivity contribution in [3.8, 4) is 0 Å². The first kappa shape index (κ1) is 22.9. The first-order valence-corrected chi connectivity index (χ1v) is 9.52. The number of para-hydroxylation sites is 1. The summed E-state index contributed by atoms with van der Waals surface area (Å²) in [5, 5.41) is 5.99. The average molecular weight is 417 g/mol. The second-order valence-corrected chi connectivity index (χ2v) is 7.70. The van der Waals surface area contributed by atoms with E-state index in [1.54, 1.807) is 33.0 Å². The molecule has 1 atom stereocenters. The van der Waals surface area contributed by atoms with Gasteiger partial charge in [0.15, 0.2) is 0 Å². The number of rotatable bonds is 8. The number of carbonyl (C=O) groups is 4. The summed E-state index contributed by atoms with van der Waals surface area (Å²) in [7, 11) is 1.26. The van der Waals surface area contributed by atoms with Crippen LogP contribution in [0.2, 0.25) is 0 Å². The van der Waals surface area contributed by atoms with E-state index < -0.39 is 29.6 Å². The predicted molar refractivity (Wildman–Crippen MR) is 111 cm³/mol. The maximum Gasteiger partial charge on any atom is 0.408 e. The van der Waals surface area contributed by atoms with Crippen LogP contribution in [-0.4, -0.2) is 54.2 Å². The number of fused-ring (bicyclic) bond motifs is 1. The molecular formula is C21H27N3O6. The van der Waals surface area contributed by atoms with Gasteiger partial charge in [-0.3, -0.25) is 19.0 Å². The summed E-state index contributed by atoms with van der Waals surface area (Å²) in [5.74, 6) is -0.936. The molecule has 9 nitrogen and oxygen atoms in total. The van der Waals surface area contributed by atoms with Gasteiger partial charge < -0.3 is 20.1 Å². The number of methoxy groups -OCH3 is 1. The van der Waals surface area contributed by atoms with E-state index in [0.717, 1.165) is 5.39 Å². The summed E-state index contributed by atoms with van der Waals surface area (Å²) >= 11 is 0. The molecule has 0 bridgehead atoms. The molecule has 0 aliphatic rings. The number of ether oxygens (including phenoxy) is 2. The van der Waals surface area contributed by atoms with Gasteiger partial charge in [-0.25, -0.2) is 4.79 Å². The Morgan fingerprint density at radius 1 is 1.20 bits per heavy atom. The number of aromatic nitrogens is 1. The van der Waals surface area contributed by atoms with Gasteiger partial charge in [0.25, 0.3) is 0 Å². The number of nitrogens with zero attached hydrogens (tertiary/aromatic N) is 1. The van der Waals surface area contributed by atoms with Gasteiger partial charge in [0, 0.05) is 24.5 Å². The van der Waals surface area contributed by atoms with Gasteiger partial charge in [-0.15, -0.1) is 0 Å².